The number of hydrogen-bond acceptors (Lipinski definition) is 4. The molecule has 0 aliphatic carbocycles. The van der Waals surface area contributed by atoms with Crippen LogP contribution >= 0.6 is 0 Å². The zero-order chi connectivity index (χ0) is 22.0. The van der Waals surface area contributed by atoms with Crippen LogP contribution in [0.1, 0.15) is 24.6 Å². The Kier molecular flexibility index (Phi) is 6.09. The van der Waals surface area contributed by atoms with Crippen LogP contribution in [-0.2, 0) is 11.2 Å². The molecule has 0 radical (unpaired) electrons. The van der Waals surface area contributed by atoms with Crippen LogP contribution in [-0.4, -0.2) is 66.5 Å². The first-order valence-electron chi connectivity index (χ1n) is 10.9. The van der Waals surface area contributed by atoms with Gasteiger partial charge >= 0.3 is 0 Å². The van der Waals surface area contributed by atoms with Gasteiger partial charge in [0.25, 0.3) is 0 Å². The first kappa shape index (κ1) is 21.1. The Bertz CT molecular complexity index is 1110. The highest BCUT2D eigenvalue weighted by Gasteiger charge is 2.20. The maximum Gasteiger partial charge on any atom is 0.237 e. The second kappa shape index (κ2) is 8.94. The summed E-state index contributed by atoms with van der Waals surface area (Å²) in [6, 6.07) is 12.8. The van der Waals surface area contributed by atoms with Crippen LogP contribution < -0.4 is 4.90 Å². The van der Waals surface area contributed by atoms with Gasteiger partial charge in [-0.3, -0.25) is 4.79 Å². The lowest BCUT2D eigenvalue weighted by atomic mass is 10.0. The summed E-state index contributed by atoms with van der Waals surface area (Å²) in [5.41, 5.74) is 6.89. The summed E-state index contributed by atoms with van der Waals surface area (Å²) >= 11 is 0. The standard InChI is InChI=1S/C25H31N5O/c1-5-18-8-6-7-9-22(18)29(4)23-10-13-26-25-20(23)16-21(27-25)19-11-14-30(15-12-19)24(31)17-28(2)3/h6-11,13,16H,5,12,14-15,17H2,1-4H3,(H,26,27). The Morgan fingerprint density at radius 1 is 1.16 bits per heavy atom. The number of amides is 1. The van der Waals surface area contributed by atoms with E-state index >= 15 is 0 Å². The zero-order valence-electron chi connectivity index (χ0n) is 18.9. The molecule has 3 heterocycles. The van der Waals surface area contributed by atoms with Crippen LogP contribution in [0.2, 0.25) is 0 Å². The van der Waals surface area contributed by atoms with Gasteiger partial charge in [-0.15, -0.1) is 0 Å². The van der Waals surface area contributed by atoms with Gasteiger partial charge in [-0.05, 0) is 56.3 Å². The number of pyridine rings is 1. The van der Waals surface area contributed by atoms with E-state index in [-0.39, 0.29) is 5.91 Å². The predicted molar refractivity (Wildman–Crippen MR) is 128 cm³/mol. The van der Waals surface area contributed by atoms with Gasteiger partial charge in [0.2, 0.25) is 5.91 Å². The van der Waals surface area contributed by atoms with Gasteiger partial charge in [0, 0.05) is 43.1 Å². The number of aryl methyl sites for hydroxylation is 1. The first-order valence-corrected chi connectivity index (χ1v) is 10.9. The molecule has 2 aromatic heterocycles. The summed E-state index contributed by atoms with van der Waals surface area (Å²) in [5.74, 6) is 0.178. The zero-order valence-corrected chi connectivity index (χ0v) is 18.9. The number of hydrogen-bond donors (Lipinski definition) is 1. The number of likely N-dealkylation sites (N-methyl/N-ethyl adjacent to an activating group) is 1. The molecular weight excluding hydrogens is 386 g/mol. The van der Waals surface area contributed by atoms with Crippen molar-refractivity contribution >= 4 is 33.9 Å². The van der Waals surface area contributed by atoms with Gasteiger partial charge in [-0.2, -0.15) is 0 Å². The molecule has 0 saturated carbocycles. The maximum atomic E-state index is 12.3. The van der Waals surface area contributed by atoms with Crippen molar-refractivity contribution in [1.29, 1.82) is 0 Å². The number of H-pyrrole nitrogens is 1. The molecule has 0 spiro atoms. The summed E-state index contributed by atoms with van der Waals surface area (Å²) in [6.45, 7) is 4.04. The Hall–Kier alpha value is -3.12. The smallest absolute Gasteiger partial charge is 0.237 e. The number of nitrogens with one attached hydrogen (secondary N) is 1. The Morgan fingerprint density at radius 3 is 2.68 bits per heavy atom. The lowest BCUT2D eigenvalue weighted by Crippen LogP contribution is -2.40. The minimum atomic E-state index is 0.178. The molecule has 1 amide bonds. The fourth-order valence-electron chi connectivity index (χ4n) is 4.26. The van der Waals surface area contributed by atoms with E-state index in [1.54, 1.807) is 0 Å². The number of carbonyl (C=O) groups is 1. The van der Waals surface area contributed by atoms with E-state index in [0.29, 0.717) is 13.1 Å². The van der Waals surface area contributed by atoms with Crippen molar-refractivity contribution in [2.45, 2.75) is 19.8 Å². The van der Waals surface area contributed by atoms with Crippen molar-refractivity contribution in [2.75, 3.05) is 45.7 Å². The van der Waals surface area contributed by atoms with Crippen molar-refractivity contribution < 1.29 is 4.79 Å². The number of carbonyl (C=O) groups excluding carboxylic acids is 1. The maximum absolute atomic E-state index is 12.3. The van der Waals surface area contributed by atoms with Gasteiger partial charge in [0.1, 0.15) is 5.65 Å². The van der Waals surface area contributed by atoms with Crippen LogP contribution in [0.3, 0.4) is 0 Å². The number of benzene rings is 1. The van der Waals surface area contributed by atoms with E-state index in [0.717, 1.165) is 41.8 Å². The van der Waals surface area contributed by atoms with Crippen molar-refractivity contribution in [3.05, 3.63) is 59.9 Å². The minimum Gasteiger partial charge on any atom is -0.344 e. The van der Waals surface area contributed by atoms with Crippen molar-refractivity contribution in [2.24, 2.45) is 0 Å². The van der Waals surface area contributed by atoms with E-state index in [2.05, 4.69) is 71.3 Å². The van der Waals surface area contributed by atoms with Gasteiger partial charge in [-0.25, -0.2) is 4.98 Å². The lowest BCUT2D eigenvalue weighted by molar-refractivity contribution is -0.131. The molecule has 0 unspecified atom stereocenters. The molecule has 1 aliphatic rings. The van der Waals surface area contributed by atoms with E-state index in [1.165, 1.54) is 16.8 Å². The Labute approximate surface area is 184 Å². The van der Waals surface area contributed by atoms with Crippen molar-refractivity contribution in [3.8, 4) is 0 Å². The monoisotopic (exact) mass is 417 g/mol. The summed E-state index contributed by atoms with van der Waals surface area (Å²) < 4.78 is 0. The van der Waals surface area contributed by atoms with E-state index in [4.69, 9.17) is 0 Å². The first-order chi connectivity index (χ1) is 15.0. The molecule has 3 aromatic rings. The largest absolute Gasteiger partial charge is 0.344 e. The summed E-state index contributed by atoms with van der Waals surface area (Å²) in [6.07, 6.45) is 5.86. The van der Waals surface area contributed by atoms with E-state index in [1.807, 2.05) is 30.1 Å². The fourth-order valence-corrected chi connectivity index (χ4v) is 4.26. The highest BCUT2D eigenvalue weighted by molar-refractivity contribution is 5.95. The van der Waals surface area contributed by atoms with Crippen molar-refractivity contribution in [3.63, 3.8) is 0 Å². The van der Waals surface area contributed by atoms with Gasteiger partial charge < -0.3 is 19.7 Å². The van der Waals surface area contributed by atoms with Gasteiger partial charge in [-0.1, -0.05) is 31.2 Å². The summed E-state index contributed by atoms with van der Waals surface area (Å²) in [5, 5.41) is 1.11. The molecule has 4 rings (SSSR count). The number of aromatic nitrogens is 2. The molecule has 31 heavy (non-hydrogen) atoms. The number of nitrogens with zero attached hydrogens (tertiary/aromatic N) is 4. The molecule has 1 aliphatic heterocycles. The topological polar surface area (TPSA) is 55.5 Å². The summed E-state index contributed by atoms with van der Waals surface area (Å²) in [4.78, 5) is 26.5. The van der Waals surface area contributed by atoms with Crippen LogP contribution in [0.25, 0.3) is 16.6 Å². The highest BCUT2D eigenvalue weighted by atomic mass is 16.2. The number of para-hydroxylation sites is 1. The summed E-state index contributed by atoms with van der Waals surface area (Å²) in [7, 11) is 5.96. The van der Waals surface area contributed by atoms with Crippen molar-refractivity contribution in [1.82, 2.24) is 19.8 Å². The van der Waals surface area contributed by atoms with Crippen LogP contribution in [0.15, 0.2) is 48.7 Å². The minimum absolute atomic E-state index is 0.178. The van der Waals surface area contributed by atoms with Crippen LogP contribution in [0.4, 0.5) is 11.4 Å². The third-order valence-electron chi connectivity index (χ3n) is 5.96. The predicted octanol–water partition coefficient (Wildman–Crippen LogP) is 4.07. The van der Waals surface area contributed by atoms with Gasteiger partial charge in [0.05, 0.1) is 12.2 Å². The SMILES string of the molecule is CCc1ccccc1N(C)c1ccnc2[nH]c(C3=CCN(C(=O)CN(C)C)CC3)cc12. The number of rotatable bonds is 6. The quantitative estimate of drug-likeness (QED) is 0.657. The second-order valence-electron chi connectivity index (χ2n) is 8.37. The molecule has 1 aromatic carbocycles. The number of aromatic amines is 1. The molecule has 0 saturated heterocycles. The molecule has 0 bridgehead atoms. The number of anilines is 2. The molecule has 0 atom stereocenters. The molecule has 0 fully saturated rings. The number of fused-ring (bicyclic) bond motifs is 1. The average Bonchev–Trinajstić information content (AvgIpc) is 3.22. The molecule has 1 N–H and O–H groups in total. The Morgan fingerprint density at radius 2 is 1.97 bits per heavy atom. The van der Waals surface area contributed by atoms with E-state index in [9.17, 15) is 4.79 Å². The van der Waals surface area contributed by atoms with Gasteiger partial charge in [0.15, 0.2) is 0 Å². The highest BCUT2D eigenvalue weighted by Crippen LogP contribution is 2.34. The van der Waals surface area contributed by atoms with Crippen LogP contribution in [0.5, 0.6) is 0 Å². The second-order valence-corrected chi connectivity index (χ2v) is 8.37. The lowest BCUT2D eigenvalue weighted by Gasteiger charge is -2.27. The Balaban J connectivity index is 1.61. The molecule has 162 valence electrons. The normalized spacial score (nSPS) is 14.2. The van der Waals surface area contributed by atoms with E-state index < -0.39 is 0 Å². The molecule has 6 nitrogen and oxygen atoms in total. The third kappa shape index (κ3) is 4.35. The third-order valence-corrected chi connectivity index (χ3v) is 5.96. The fraction of sp³-hybridized carbons (Fsp3) is 0.360. The molecule has 6 heteroatoms. The van der Waals surface area contributed by atoms with Crippen LogP contribution in [0, 0.1) is 0 Å². The average molecular weight is 418 g/mol. The molecular formula is C25H31N5O.